The van der Waals surface area contributed by atoms with Crippen molar-refractivity contribution in [1.29, 1.82) is 0 Å². The number of piperidine rings is 1. The van der Waals surface area contributed by atoms with E-state index in [1.165, 1.54) is 32.1 Å². The Bertz CT molecular complexity index is 272. The van der Waals surface area contributed by atoms with E-state index in [0.29, 0.717) is 12.8 Å². The molecule has 0 aromatic carbocycles. The molecule has 1 unspecified atom stereocenters. The van der Waals surface area contributed by atoms with Gasteiger partial charge in [-0.3, -0.25) is 14.9 Å². The monoisotopic (exact) mass is 224 g/mol. The van der Waals surface area contributed by atoms with Crippen molar-refractivity contribution < 1.29 is 9.59 Å². The fraction of sp³-hybridized carbons (Fsp3) is 0.833. The third kappa shape index (κ3) is 3.04. The van der Waals surface area contributed by atoms with Crippen molar-refractivity contribution in [3.63, 3.8) is 0 Å². The quantitative estimate of drug-likeness (QED) is 0.702. The molecule has 1 saturated heterocycles. The average Bonchev–Trinajstić information content (AvgIpc) is 2.29. The third-order valence-corrected chi connectivity index (χ3v) is 3.62. The van der Waals surface area contributed by atoms with Gasteiger partial charge in [0.2, 0.25) is 11.8 Å². The second kappa shape index (κ2) is 5.43. The maximum atomic E-state index is 11.5. The zero-order valence-electron chi connectivity index (χ0n) is 9.63. The molecule has 1 aliphatic heterocycles. The molecular weight excluding hydrogens is 204 g/mol. The summed E-state index contributed by atoms with van der Waals surface area (Å²) in [5.74, 6) is 0.437. The maximum Gasteiger partial charge on any atom is 0.243 e. The molecule has 2 fully saturated rings. The molecule has 1 saturated carbocycles. The summed E-state index contributed by atoms with van der Waals surface area (Å²) in [6.45, 7) is 0.923. The highest BCUT2D eigenvalue weighted by molar-refractivity contribution is 6.00. The predicted molar refractivity (Wildman–Crippen MR) is 60.7 cm³/mol. The molecule has 1 atom stereocenters. The summed E-state index contributed by atoms with van der Waals surface area (Å²) in [7, 11) is 0. The van der Waals surface area contributed by atoms with Crippen LogP contribution >= 0.6 is 0 Å². The highest BCUT2D eigenvalue weighted by Crippen LogP contribution is 2.23. The molecule has 0 aromatic heterocycles. The minimum Gasteiger partial charge on any atom is -0.306 e. The Labute approximate surface area is 96.2 Å². The van der Waals surface area contributed by atoms with E-state index < -0.39 is 0 Å². The molecule has 0 spiro atoms. The molecule has 0 radical (unpaired) electrons. The SMILES string of the molecule is O=C1CCC(NCC2CCCCC2)C(=O)N1. The smallest absolute Gasteiger partial charge is 0.243 e. The molecule has 1 heterocycles. The number of amides is 2. The van der Waals surface area contributed by atoms with Gasteiger partial charge in [0.1, 0.15) is 0 Å². The topological polar surface area (TPSA) is 58.2 Å². The first-order valence-electron chi connectivity index (χ1n) is 6.33. The largest absolute Gasteiger partial charge is 0.306 e. The lowest BCUT2D eigenvalue weighted by atomic mass is 9.89. The first-order valence-corrected chi connectivity index (χ1v) is 6.33. The van der Waals surface area contributed by atoms with E-state index in [9.17, 15) is 9.59 Å². The average molecular weight is 224 g/mol. The van der Waals surface area contributed by atoms with Crippen LogP contribution in [-0.4, -0.2) is 24.4 Å². The number of hydrogen-bond acceptors (Lipinski definition) is 3. The van der Waals surface area contributed by atoms with Gasteiger partial charge in [0.05, 0.1) is 6.04 Å². The van der Waals surface area contributed by atoms with Gasteiger partial charge in [-0.05, 0) is 31.7 Å². The number of carbonyl (C=O) groups is 2. The molecule has 1 aliphatic carbocycles. The summed E-state index contributed by atoms with van der Waals surface area (Å²) in [6, 6.07) is -0.153. The second-order valence-electron chi connectivity index (χ2n) is 4.92. The first-order chi connectivity index (χ1) is 7.75. The molecule has 4 nitrogen and oxygen atoms in total. The maximum absolute atomic E-state index is 11.5. The number of imide groups is 1. The number of carbonyl (C=O) groups excluding carboxylic acids is 2. The van der Waals surface area contributed by atoms with Crippen LogP contribution in [-0.2, 0) is 9.59 Å². The second-order valence-corrected chi connectivity index (χ2v) is 4.92. The Morgan fingerprint density at radius 1 is 1.12 bits per heavy atom. The molecule has 4 heteroatoms. The van der Waals surface area contributed by atoms with Gasteiger partial charge < -0.3 is 5.32 Å². The van der Waals surface area contributed by atoms with E-state index in [2.05, 4.69) is 10.6 Å². The molecular formula is C12H20N2O2. The highest BCUT2D eigenvalue weighted by atomic mass is 16.2. The van der Waals surface area contributed by atoms with Crippen LogP contribution in [0.15, 0.2) is 0 Å². The van der Waals surface area contributed by atoms with E-state index in [1.54, 1.807) is 0 Å². The van der Waals surface area contributed by atoms with Crippen molar-refractivity contribution in [2.75, 3.05) is 6.54 Å². The lowest BCUT2D eigenvalue weighted by Gasteiger charge is -2.26. The fourth-order valence-corrected chi connectivity index (χ4v) is 2.59. The Morgan fingerprint density at radius 3 is 2.56 bits per heavy atom. The lowest BCUT2D eigenvalue weighted by molar-refractivity contribution is -0.134. The van der Waals surface area contributed by atoms with Crippen molar-refractivity contribution in [3.8, 4) is 0 Å². The fourth-order valence-electron chi connectivity index (χ4n) is 2.59. The van der Waals surface area contributed by atoms with Gasteiger partial charge in [0.25, 0.3) is 0 Å². The highest BCUT2D eigenvalue weighted by Gasteiger charge is 2.26. The van der Waals surface area contributed by atoms with Crippen molar-refractivity contribution in [1.82, 2.24) is 10.6 Å². The van der Waals surface area contributed by atoms with Crippen LogP contribution in [0.2, 0.25) is 0 Å². The van der Waals surface area contributed by atoms with E-state index in [4.69, 9.17) is 0 Å². The number of rotatable bonds is 3. The number of nitrogens with one attached hydrogen (secondary N) is 2. The summed E-state index contributed by atoms with van der Waals surface area (Å²) < 4.78 is 0. The Hall–Kier alpha value is -0.900. The molecule has 0 aromatic rings. The number of hydrogen-bond donors (Lipinski definition) is 2. The van der Waals surface area contributed by atoms with E-state index in [-0.39, 0.29) is 17.9 Å². The Balaban J connectivity index is 1.72. The van der Waals surface area contributed by atoms with Gasteiger partial charge in [0.15, 0.2) is 0 Å². The third-order valence-electron chi connectivity index (χ3n) is 3.62. The summed E-state index contributed by atoms with van der Waals surface area (Å²) in [5.41, 5.74) is 0. The molecule has 0 bridgehead atoms. The minimum atomic E-state index is -0.153. The van der Waals surface area contributed by atoms with Crippen LogP contribution in [0.1, 0.15) is 44.9 Å². The minimum absolute atomic E-state index is 0.138. The van der Waals surface area contributed by atoms with E-state index in [1.807, 2.05) is 0 Å². The van der Waals surface area contributed by atoms with E-state index in [0.717, 1.165) is 12.5 Å². The molecule has 2 amide bonds. The van der Waals surface area contributed by atoms with Gasteiger partial charge in [-0.15, -0.1) is 0 Å². The molecule has 90 valence electrons. The molecule has 2 aliphatic rings. The Morgan fingerprint density at radius 2 is 1.88 bits per heavy atom. The summed E-state index contributed by atoms with van der Waals surface area (Å²) >= 11 is 0. The van der Waals surface area contributed by atoms with Crippen LogP contribution in [0.3, 0.4) is 0 Å². The van der Waals surface area contributed by atoms with Crippen LogP contribution in [0, 0.1) is 5.92 Å². The zero-order chi connectivity index (χ0) is 11.4. The van der Waals surface area contributed by atoms with Gasteiger partial charge >= 0.3 is 0 Å². The van der Waals surface area contributed by atoms with E-state index >= 15 is 0 Å². The van der Waals surface area contributed by atoms with Crippen LogP contribution in [0.5, 0.6) is 0 Å². The van der Waals surface area contributed by atoms with Crippen LogP contribution in [0.25, 0.3) is 0 Å². The normalized spacial score (nSPS) is 27.9. The summed E-state index contributed by atoms with van der Waals surface area (Å²) in [4.78, 5) is 22.4. The van der Waals surface area contributed by atoms with Crippen molar-refractivity contribution in [3.05, 3.63) is 0 Å². The predicted octanol–water partition coefficient (Wildman–Crippen LogP) is 0.961. The van der Waals surface area contributed by atoms with Crippen molar-refractivity contribution >= 4 is 11.8 Å². The lowest BCUT2D eigenvalue weighted by Crippen LogP contribution is -2.51. The van der Waals surface area contributed by atoms with Gasteiger partial charge in [-0.2, -0.15) is 0 Å². The van der Waals surface area contributed by atoms with Crippen molar-refractivity contribution in [2.45, 2.75) is 51.0 Å². The molecule has 2 N–H and O–H groups in total. The zero-order valence-corrected chi connectivity index (χ0v) is 9.63. The molecule has 16 heavy (non-hydrogen) atoms. The van der Waals surface area contributed by atoms with Gasteiger partial charge in [-0.25, -0.2) is 0 Å². The molecule has 2 rings (SSSR count). The van der Waals surface area contributed by atoms with Crippen molar-refractivity contribution in [2.24, 2.45) is 5.92 Å². The van der Waals surface area contributed by atoms with Crippen LogP contribution < -0.4 is 10.6 Å². The standard InChI is InChI=1S/C12H20N2O2/c15-11-7-6-10(12(16)14-11)13-8-9-4-2-1-3-5-9/h9-10,13H,1-8H2,(H,14,15,16). The summed E-state index contributed by atoms with van der Waals surface area (Å²) in [5, 5.41) is 5.67. The van der Waals surface area contributed by atoms with Crippen LogP contribution in [0.4, 0.5) is 0 Å². The summed E-state index contributed by atoms with van der Waals surface area (Å²) in [6.07, 6.45) is 7.67. The van der Waals surface area contributed by atoms with Gasteiger partial charge in [0, 0.05) is 6.42 Å². The van der Waals surface area contributed by atoms with Gasteiger partial charge in [-0.1, -0.05) is 19.3 Å². The first kappa shape index (κ1) is 11.6. The Kier molecular flexibility index (Phi) is 3.93.